The van der Waals surface area contributed by atoms with Gasteiger partial charge in [-0.3, -0.25) is 10.2 Å². The molecule has 2 aromatic heterocycles. The minimum Gasteiger partial charge on any atom is -0.473 e. The largest absolute Gasteiger partial charge is 0.473 e. The zero-order valence-electron chi connectivity index (χ0n) is 22.1. The molecule has 2 aliphatic rings. The molecule has 2 aromatic rings. The van der Waals surface area contributed by atoms with Crippen LogP contribution in [-0.2, 0) is 4.79 Å². The summed E-state index contributed by atoms with van der Waals surface area (Å²) in [5.41, 5.74) is 2.89. The molecule has 2 aliphatic heterocycles. The van der Waals surface area contributed by atoms with E-state index in [0.29, 0.717) is 19.5 Å². The van der Waals surface area contributed by atoms with Crippen molar-refractivity contribution in [2.24, 2.45) is 0 Å². The highest BCUT2D eigenvalue weighted by Crippen LogP contribution is 2.38. The fourth-order valence-electron chi connectivity index (χ4n) is 5.02. The third-order valence-electron chi connectivity index (χ3n) is 6.81. The molecule has 0 atom stereocenters. The first kappa shape index (κ1) is 27.7. The highest BCUT2D eigenvalue weighted by atomic mass is 19.3. The van der Waals surface area contributed by atoms with Crippen LogP contribution in [0.5, 0.6) is 11.6 Å². The van der Waals surface area contributed by atoms with Crippen molar-refractivity contribution in [2.45, 2.75) is 77.5 Å². The second-order valence-corrected chi connectivity index (χ2v) is 10.7. The van der Waals surface area contributed by atoms with Crippen molar-refractivity contribution in [1.82, 2.24) is 24.9 Å². The van der Waals surface area contributed by atoms with E-state index < -0.39 is 12.4 Å². The van der Waals surface area contributed by atoms with Gasteiger partial charge in [0.1, 0.15) is 6.61 Å². The number of rotatable bonds is 10. The molecule has 0 saturated carbocycles. The summed E-state index contributed by atoms with van der Waals surface area (Å²) in [5, 5.41) is 4.87. The van der Waals surface area contributed by atoms with Gasteiger partial charge in [0.25, 0.3) is 5.88 Å². The Hall–Kier alpha value is -3.35. The summed E-state index contributed by atoms with van der Waals surface area (Å²) < 4.78 is 50.9. The van der Waals surface area contributed by atoms with Crippen LogP contribution in [0, 0.1) is 5.82 Å². The molecule has 4 rings (SSSR count). The summed E-state index contributed by atoms with van der Waals surface area (Å²) in [5.74, 6) is -1.01. The number of hydrogen-bond acceptors (Lipinski definition) is 9. The lowest BCUT2D eigenvalue weighted by Gasteiger charge is -2.52. The van der Waals surface area contributed by atoms with Crippen molar-refractivity contribution in [3.8, 4) is 11.6 Å². The van der Waals surface area contributed by atoms with Crippen LogP contribution in [0.25, 0.3) is 0 Å². The van der Waals surface area contributed by atoms with Gasteiger partial charge in [0.05, 0.1) is 24.6 Å². The molecule has 0 aliphatic carbocycles. The lowest BCUT2D eigenvalue weighted by molar-refractivity contribution is -0.128. The molecule has 2 N–H and O–H groups in total. The first-order valence-electron chi connectivity index (χ1n) is 12.7. The molecule has 10 nitrogen and oxygen atoms in total. The average Bonchev–Trinajstić information content (AvgIpc) is 3.23. The van der Waals surface area contributed by atoms with Crippen LogP contribution in [0.15, 0.2) is 18.5 Å². The maximum Gasteiger partial charge on any atom is 0.387 e. The fourth-order valence-corrected chi connectivity index (χ4v) is 5.02. The molecule has 208 valence electrons. The molecular formula is C25H34F3N7O3. The molecule has 0 unspecified atom stereocenters. The number of alkyl halides is 2. The summed E-state index contributed by atoms with van der Waals surface area (Å²) in [7, 11) is 0. The smallest absolute Gasteiger partial charge is 0.387 e. The van der Waals surface area contributed by atoms with Crippen LogP contribution in [0.4, 0.5) is 30.6 Å². The number of carbonyl (C=O) groups excluding carboxylic acids is 1. The molecule has 1 amide bonds. The summed E-state index contributed by atoms with van der Waals surface area (Å²) in [6.45, 7) is 6.26. The van der Waals surface area contributed by atoms with Gasteiger partial charge in [-0.2, -0.15) is 13.8 Å². The van der Waals surface area contributed by atoms with Gasteiger partial charge in [-0.1, -0.05) is 0 Å². The maximum atomic E-state index is 14.7. The maximum absolute atomic E-state index is 14.7. The number of nitrogens with one attached hydrogen (secondary N) is 2. The molecule has 2 fully saturated rings. The topological polar surface area (TPSA) is 105 Å². The predicted octanol–water partition coefficient (Wildman–Crippen LogP) is 4.73. The van der Waals surface area contributed by atoms with Crippen molar-refractivity contribution >= 4 is 23.4 Å². The van der Waals surface area contributed by atoms with Crippen LogP contribution in [0.1, 0.15) is 59.8 Å². The SMILES string of the molecule is CC1(C)CCCC(C)(C)N1Nc1nc(Nc2cnc(OCCN3CCCC3=O)c(OC(F)F)c2)ncc1F. The molecule has 38 heavy (non-hydrogen) atoms. The normalized spacial score (nSPS) is 19.1. The Balaban J connectivity index is 1.48. The number of pyridine rings is 1. The number of anilines is 3. The summed E-state index contributed by atoms with van der Waals surface area (Å²) in [6.07, 6.45) is 6.57. The van der Waals surface area contributed by atoms with E-state index in [9.17, 15) is 18.0 Å². The van der Waals surface area contributed by atoms with Crippen molar-refractivity contribution in [3.63, 3.8) is 0 Å². The number of likely N-dealkylation sites (tertiary alicyclic amines) is 1. The van der Waals surface area contributed by atoms with Gasteiger partial charge < -0.3 is 19.7 Å². The zero-order valence-corrected chi connectivity index (χ0v) is 22.1. The number of carbonyl (C=O) groups is 1. The standard InChI is InChI=1S/C25H34F3N7O3/c1-24(2)8-6-9-25(3,4)35(24)33-20-17(26)15-30-23(32-20)31-16-13-18(38-22(27)28)21(29-14-16)37-12-11-34-10-5-7-19(34)36/h13-15,22H,5-12H2,1-4H3,(H2,30,31,32,33). The number of ether oxygens (including phenoxy) is 2. The minimum absolute atomic E-state index is 0.0148. The Kier molecular flexibility index (Phi) is 8.14. The monoisotopic (exact) mass is 537 g/mol. The van der Waals surface area contributed by atoms with Crippen molar-refractivity contribution in [3.05, 3.63) is 24.3 Å². The minimum atomic E-state index is -3.11. The number of nitrogens with zero attached hydrogens (tertiary/aromatic N) is 5. The number of aromatic nitrogens is 3. The Bertz CT molecular complexity index is 1130. The third-order valence-corrected chi connectivity index (χ3v) is 6.81. The lowest BCUT2D eigenvalue weighted by atomic mass is 9.81. The molecule has 0 radical (unpaired) electrons. The van der Waals surface area contributed by atoms with Gasteiger partial charge in [-0.15, -0.1) is 0 Å². The molecule has 0 aromatic carbocycles. The van der Waals surface area contributed by atoms with Gasteiger partial charge in [0.2, 0.25) is 11.9 Å². The number of hydrogen-bond donors (Lipinski definition) is 2. The molecule has 0 bridgehead atoms. The highest BCUT2D eigenvalue weighted by molar-refractivity contribution is 5.78. The Morgan fingerprint density at radius 3 is 2.50 bits per heavy atom. The van der Waals surface area contributed by atoms with E-state index in [0.717, 1.165) is 31.9 Å². The Morgan fingerprint density at radius 1 is 1.11 bits per heavy atom. The van der Waals surface area contributed by atoms with Crippen LogP contribution in [-0.4, -0.2) is 68.2 Å². The molecule has 13 heteroatoms. The second kappa shape index (κ2) is 11.2. The van der Waals surface area contributed by atoms with Gasteiger partial charge in [-0.05, 0) is 53.4 Å². The first-order valence-corrected chi connectivity index (χ1v) is 12.7. The first-order chi connectivity index (χ1) is 17.9. The summed E-state index contributed by atoms with van der Waals surface area (Å²) in [6, 6.07) is 1.27. The van der Waals surface area contributed by atoms with E-state index >= 15 is 0 Å². The van der Waals surface area contributed by atoms with Crippen molar-refractivity contribution in [2.75, 3.05) is 30.4 Å². The highest BCUT2D eigenvalue weighted by Gasteiger charge is 2.42. The van der Waals surface area contributed by atoms with E-state index in [4.69, 9.17) is 4.74 Å². The number of amides is 1. The van der Waals surface area contributed by atoms with Gasteiger partial charge >= 0.3 is 6.61 Å². The lowest BCUT2D eigenvalue weighted by Crippen LogP contribution is -2.61. The third kappa shape index (κ3) is 6.55. The van der Waals surface area contributed by atoms with Crippen molar-refractivity contribution < 1.29 is 27.4 Å². The summed E-state index contributed by atoms with van der Waals surface area (Å²) >= 11 is 0. The zero-order chi connectivity index (χ0) is 27.5. The number of piperidine rings is 1. The van der Waals surface area contributed by atoms with Crippen LogP contribution in [0.3, 0.4) is 0 Å². The fraction of sp³-hybridized carbons (Fsp3) is 0.600. The van der Waals surface area contributed by atoms with Crippen LogP contribution < -0.4 is 20.2 Å². The van der Waals surface area contributed by atoms with Crippen LogP contribution in [0.2, 0.25) is 0 Å². The molecule has 2 saturated heterocycles. The molecular weight excluding hydrogens is 503 g/mol. The number of hydrazine groups is 1. The Labute approximate surface area is 219 Å². The average molecular weight is 538 g/mol. The van der Waals surface area contributed by atoms with E-state index in [1.54, 1.807) is 4.90 Å². The van der Waals surface area contributed by atoms with E-state index in [1.807, 2.05) is 5.01 Å². The molecule has 0 spiro atoms. The van der Waals surface area contributed by atoms with Crippen LogP contribution >= 0.6 is 0 Å². The van der Waals surface area contributed by atoms with Gasteiger partial charge in [-0.25, -0.2) is 19.4 Å². The Morgan fingerprint density at radius 2 is 1.84 bits per heavy atom. The van der Waals surface area contributed by atoms with Crippen molar-refractivity contribution in [1.29, 1.82) is 0 Å². The van der Waals surface area contributed by atoms with Gasteiger partial charge in [0, 0.05) is 30.1 Å². The predicted molar refractivity (Wildman–Crippen MR) is 135 cm³/mol. The number of halogens is 3. The second-order valence-electron chi connectivity index (χ2n) is 10.7. The quantitative estimate of drug-likeness (QED) is 0.445. The van der Waals surface area contributed by atoms with E-state index in [1.165, 1.54) is 12.3 Å². The summed E-state index contributed by atoms with van der Waals surface area (Å²) in [4.78, 5) is 25.7. The van der Waals surface area contributed by atoms with Gasteiger partial charge in [0.15, 0.2) is 17.4 Å². The van der Waals surface area contributed by atoms with E-state index in [2.05, 4.69) is 58.1 Å². The molecule has 4 heterocycles. The van der Waals surface area contributed by atoms with E-state index in [-0.39, 0.29) is 52.7 Å².